The molecule has 0 aromatic heterocycles. The van der Waals surface area contributed by atoms with Gasteiger partial charge in [0, 0.05) is 23.8 Å². The maximum absolute atomic E-state index is 11.4. The fourth-order valence-electron chi connectivity index (χ4n) is 1.66. The van der Waals surface area contributed by atoms with Crippen molar-refractivity contribution in [3.8, 4) is 0 Å². The second-order valence-corrected chi connectivity index (χ2v) is 6.14. The third kappa shape index (κ3) is 6.67. The quantitative estimate of drug-likeness (QED) is 0.697. The average Bonchev–Trinajstić information content (AvgIpc) is 2.37. The number of carbonyl (C=O) groups is 2. The molecule has 1 rings (SSSR count). The van der Waals surface area contributed by atoms with Gasteiger partial charge < -0.3 is 20.5 Å². The highest BCUT2D eigenvalue weighted by atomic mass is 35.5. The van der Waals surface area contributed by atoms with E-state index in [1.54, 1.807) is 32.9 Å². The molecule has 0 radical (unpaired) electrons. The average molecular weight is 329 g/mol. The van der Waals surface area contributed by atoms with Gasteiger partial charge in [-0.05, 0) is 45.4 Å². The Kier molecular flexibility index (Phi) is 6.49. The van der Waals surface area contributed by atoms with Gasteiger partial charge in [-0.2, -0.15) is 0 Å². The van der Waals surface area contributed by atoms with Gasteiger partial charge >= 0.3 is 12.1 Å². The second-order valence-electron chi connectivity index (χ2n) is 5.70. The van der Waals surface area contributed by atoms with E-state index in [1.807, 2.05) is 0 Å². The van der Waals surface area contributed by atoms with Crippen LogP contribution in [-0.4, -0.2) is 35.9 Å². The molecule has 0 atom stereocenters. The summed E-state index contributed by atoms with van der Waals surface area (Å²) >= 11 is 5.78. The summed E-state index contributed by atoms with van der Waals surface area (Å²) in [6, 6.07) is 4.63. The zero-order valence-electron chi connectivity index (χ0n) is 12.9. The fraction of sp³-hybridized carbons (Fsp3) is 0.467. The first-order chi connectivity index (χ1) is 10.2. The molecule has 122 valence electrons. The van der Waals surface area contributed by atoms with Crippen molar-refractivity contribution >= 4 is 29.4 Å². The van der Waals surface area contributed by atoms with Crippen molar-refractivity contribution in [2.45, 2.75) is 32.8 Å². The van der Waals surface area contributed by atoms with Gasteiger partial charge in [-0.1, -0.05) is 11.6 Å². The number of hydrogen-bond acceptors (Lipinski definition) is 4. The monoisotopic (exact) mass is 328 g/mol. The molecule has 1 aromatic rings. The number of aromatic carboxylic acids is 1. The van der Waals surface area contributed by atoms with Crippen molar-refractivity contribution in [1.82, 2.24) is 5.32 Å². The number of nitrogens with one attached hydrogen (secondary N) is 2. The summed E-state index contributed by atoms with van der Waals surface area (Å²) < 4.78 is 5.10. The molecular formula is C15H21ClN2O4. The first-order valence-electron chi connectivity index (χ1n) is 6.92. The highest BCUT2D eigenvalue weighted by Gasteiger charge is 2.15. The number of benzene rings is 1. The Morgan fingerprint density at radius 1 is 1.27 bits per heavy atom. The van der Waals surface area contributed by atoms with Gasteiger partial charge in [0.15, 0.2) is 0 Å². The number of carboxylic acid groups (broad SMARTS) is 1. The molecule has 0 fully saturated rings. The molecule has 0 aliphatic heterocycles. The third-order valence-corrected chi connectivity index (χ3v) is 2.78. The molecule has 3 N–H and O–H groups in total. The lowest BCUT2D eigenvalue weighted by Gasteiger charge is -2.19. The number of ether oxygens (including phenoxy) is 1. The number of carboxylic acids is 1. The van der Waals surface area contributed by atoms with Crippen molar-refractivity contribution in [2.24, 2.45) is 0 Å². The standard InChI is InChI=1S/C15H21ClN2O4/c1-15(2,3)22-14(21)18-8-4-7-17-12-6-5-10(16)9-11(12)13(19)20/h5-6,9,17H,4,7-8H2,1-3H3,(H,18,21)(H,19,20). The summed E-state index contributed by atoms with van der Waals surface area (Å²) in [5.74, 6) is -1.04. The Labute approximate surface area is 134 Å². The van der Waals surface area contributed by atoms with Crippen LogP contribution in [0.3, 0.4) is 0 Å². The third-order valence-electron chi connectivity index (χ3n) is 2.55. The zero-order valence-corrected chi connectivity index (χ0v) is 13.7. The lowest BCUT2D eigenvalue weighted by Crippen LogP contribution is -2.33. The number of carbonyl (C=O) groups excluding carboxylic acids is 1. The minimum atomic E-state index is -1.04. The molecule has 22 heavy (non-hydrogen) atoms. The van der Waals surface area contributed by atoms with Crippen molar-refractivity contribution in [3.63, 3.8) is 0 Å². The van der Waals surface area contributed by atoms with E-state index in [-0.39, 0.29) is 5.56 Å². The molecular weight excluding hydrogens is 308 g/mol. The normalized spacial score (nSPS) is 10.9. The summed E-state index contributed by atoms with van der Waals surface area (Å²) in [5, 5.41) is 15.1. The summed E-state index contributed by atoms with van der Waals surface area (Å²) in [6.07, 6.45) is 0.159. The maximum Gasteiger partial charge on any atom is 0.407 e. The highest BCUT2D eigenvalue weighted by molar-refractivity contribution is 6.31. The van der Waals surface area contributed by atoms with E-state index in [1.165, 1.54) is 6.07 Å². The van der Waals surface area contributed by atoms with E-state index in [4.69, 9.17) is 21.4 Å². The van der Waals surface area contributed by atoms with Crippen LogP contribution in [0.25, 0.3) is 0 Å². The number of amides is 1. The van der Waals surface area contributed by atoms with Crippen LogP contribution in [0.5, 0.6) is 0 Å². The lowest BCUT2D eigenvalue weighted by atomic mass is 10.2. The van der Waals surface area contributed by atoms with Crippen LogP contribution in [0.4, 0.5) is 10.5 Å². The SMILES string of the molecule is CC(C)(C)OC(=O)NCCCNc1ccc(Cl)cc1C(=O)O. The number of anilines is 1. The van der Waals surface area contributed by atoms with Crippen LogP contribution in [0.1, 0.15) is 37.6 Å². The van der Waals surface area contributed by atoms with Gasteiger partial charge in [0.1, 0.15) is 5.60 Å². The molecule has 1 amide bonds. The molecule has 1 aromatic carbocycles. The predicted molar refractivity (Wildman–Crippen MR) is 85.8 cm³/mol. The minimum absolute atomic E-state index is 0.118. The summed E-state index contributed by atoms with van der Waals surface area (Å²) in [6.45, 7) is 6.32. The number of halogens is 1. The zero-order chi connectivity index (χ0) is 16.8. The largest absolute Gasteiger partial charge is 0.478 e. The van der Waals surface area contributed by atoms with Crippen molar-refractivity contribution in [2.75, 3.05) is 18.4 Å². The molecule has 0 spiro atoms. The molecule has 0 aliphatic carbocycles. The van der Waals surface area contributed by atoms with Crippen LogP contribution in [0.15, 0.2) is 18.2 Å². The van der Waals surface area contributed by atoms with Crippen LogP contribution >= 0.6 is 11.6 Å². The summed E-state index contributed by atoms with van der Waals surface area (Å²) in [5.41, 5.74) is 0.0870. The second kappa shape index (κ2) is 7.89. The van der Waals surface area contributed by atoms with Gasteiger partial charge in [-0.25, -0.2) is 9.59 Å². The minimum Gasteiger partial charge on any atom is -0.478 e. The van der Waals surface area contributed by atoms with Crippen LogP contribution in [0.2, 0.25) is 5.02 Å². The molecule has 0 aliphatic rings. The summed E-state index contributed by atoms with van der Waals surface area (Å²) in [7, 11) is 0. The molecule has 0 unspecified atom stereocenters. The van der Waals surface area contributed by atoms with E-state index in [9.17, 15) is 9.59 Å². The molecule has 0 bridgehead atoms. The van der Waals surface area contributed by atoms with E-state index < -0.39 is 17.7 Å². The van der Waals surface area contributed by atoms with E-state index in [2.05, 4.69) is 10.6 Å². The predicted octanol–water partition coefficient (Wildman–Crippen LogP) is 3.36. The molecule has 6 nitrogen and oxygen atoms in total. The number of alkyl carbamates (subject to hydrolysis) is 1. The van der Waals surface area contributed by atoms with Crippen molar-refractivity contribution < 1.29 is 19.4 Å². The fourth-order valence-corrected chi connectivity index (χ4v) is 1.84. The summed E-state index contributed by atoms with van der Waals surface area (Å²) in [4.78, 5) is 22.5. The van der Waals surface area contributed by atoms with Gasteiger partial charge in [0.2, 0.25) is 0 Å². The molecule has 0 heterocycles. The van der Waals surface area contributed by atoms with Crippen LogP contribution in [0, 0.1) is 0 Å². The van der Waals surface area contributed by atoms with Crippen LogP contribution < -0.4 is 10.6 Å². The van der Waals surface area contributed by atoms with E-state index in [0.717, 1.165) is 0 Å². The van der Waals surface area contributed by atoms with Gasteiger partial charge in [-0.3, -0.25) is 0 Å². The van der Waals surface area contributed by atoms with E-state index in [0.29, 0.717) is 30.2 Å². The van der Waals surface area contributed by atoms with Gasteiger partial charge in [0.05, 0.1) is 5.56 Å². The van der Waals surface area contributed by atoms with Gasteiger partial charge in [-0.15, -0.1) is 0 Å². The number of rotatable bonds is 6. The smallest absolute Gasteiger partial charge is 0.407 e. The highest BCUT2D eigenvalue weighted by Crippen LogP contribution is 2.20. The Morgan fingerprint density at radius 2 is 1.95 bits per heavy atom. The lowest BCUT2D eigenvalue weighted by molar-refractivity contribution is 0.0527. The topological polar surface area (TPSA) is 87.7 Å². The molecule has 0 saturated carbocycles. The van der Waals surface area contributed by atoms with Crippen molar-refractivity contribution in [3.05, 3.63) is 28.8 Å². The Hall–Kier alpha value is -1.95. The Morgan fingerprint density at radius 3 is 2.55 bits per heavy atom. The van der Waals surface area contributed by atoms with Crippen molar-refractivity contribution in [1.29, 1.82) is 0 Å². The Bertz CT molecular complexity index is 541. The first-order valence-corrected chi connectivity index (χ1v) is 7.30. The van der Waals surface area contributed by atoms with E-state index >= 15 is 0 Å². The number of hydrogen-bond donors (Lipinski definition) is 3. The molecule has 0 saturated heterocycles. The van der Waals surface area contributed by atoms with Crippen LogP contribution in [-0.2, 0) is 4.74 Å². The maximum atomic E-state index is 11.4. The van der Waals surface area contributed by atoms with Gasteiger partial charge in [0.25, 0.3) is 0 Å². The molecule has 7 heteroatoms. The Balaban J connectivity index is 2.37. The first kappa shape index (κ1) is 18.1.